The SMILES string of the molecule is O=C(NC(Cc1c[nH]c2ccccc12)C(=O)NCCNC(=O)C1CCCCC1)c1cccs1. The van der Waals surface area contributed by atoms with Crippen LogP contribution in [0.3, 0.4) is 0 Å². The number of para-hydroxylation sites is 1. The minimum Gasteiger partial charge on any atom is -0.361 e. The number of benzene rings is 1. The van der Waals surface area contributed by atoms with Gasteiger partial charge >= 0.3 is 0 Å². The van der Waals surface area contributed by atoms with Crippen molar-refractivity contribution in [2.45, 2.75) is 44.6 Å². The van der Waals surface area contributed by atoms with Crippen molar-refractivity contribution in [1.29, 1.82) is 0 Å². The van der Waals surface area contributed by atoms with Crippen molar-refractivity contribution in [2.75, 3.05) is 13.1 Å². The molecule has 0 bridgehead atoms. The second-order valence-corrected chi connectivity index (χ2v) is 9.43. The summed E-state index contributed by atoms with van der Waals surface area (Å²) in [6, 6.07) is 10.7. The van der Waals surface area contributed by atoms with E-state index in [1.165, 1.54) is 17.8 Å². The first kappa shape index (κ1) is 23.0. The van der Waals surface area contributed by atoms with E-state index in [0.717, 1.165) is 42.1 Å². The number of carbonyl (C=O) groups is 3. The van der Waals surface area contributed by atoms with Gasteiger partial charge < -0.3 is 20.9 Å². The fourth-order valence-corrected chi connectivity index (χ4v) is 5.00. The van der Waals surface area contributed by atoms with Crippen LogP contribution >= 0.6 is 11.3 Å². The summed E-state index contributed by atoms with van der Waals surface area (Å²) in [5.41, 5.74) is 1.95. The number of fused-ring (bicyclic) bond motifs is 1. The molecule has 0 spiro atoms. The number of H-pyrrole nitrogens is 1. The predicted molar refractivity (Wildman–Crippen MR) is 130 cm³/mol. The van der Waals surface area contributed by atoms with Crippen molar-refractivity contribution in [3.05, 3.63) is 58.4 Å². The van der Waals surface area contributed by atoms with Gasteiger partial charge in [-0.2, -0.15) is 0 Å². The molecule has 2 aromatic heterocycles. The number of hydrogen-bond donors (Lipinski definition) is 4. The standard InChI is InChI=1S/C25H30N4O3S/c30-23(17-7-2-1-3-8-17)26-12-13-27-24(31)21(29-25(32)22-11-6-14-33-22)15-18-16-28-20-10-5-4-9-19(18)20/h4-6,9-11,14,16-17,21,28H,1-3,7-8,12-13,15H2,(H,26,30)(H,27,31)(H,29,32). The topological polar surface area (TPSA) is 103 Å². The molecule has 2 heterocycles. The Morgan fingerprint density at radius 2 is 1.79 bits per heavy atom. The number of rotatable bonds is 9. The van der Waals surface area contributed by atoms with E-state index >= 15 is 0 Å². The summed E-state index contributed by atoms with van der Waals surface area (Å²) in [6.07, 6.45) is 7.55. The third kappa shape index (κ3) is 6.01. The molecule has 1 aliphatic rings. The lowest BCUT2D eigenvalue weighted by molar-refractivity contribution is -0.126. The molecule has 7 nitrogen and oxygen atoms in total. The zero-order chi connectivity index (χ0) is 23.0. The Bertz CT molecular complexity index is 1090. The maximum atomic E-state index is 13.0. The third-order valence-corrected chi connectivity index (χ3v) is 7.03. The molecule has 33 heavy (non-hydrogen) atoms. The number of amides is 3. The lowest BCUT2D eigenvalue weighted by Gasteiger charge is -2.21. The van der Waals surface area contributed by atoms with Crippen LogP contribution in [-0.4, -0.2) is 41.8 Å². The molecule has 1 aliphatic carbocycles. The summed E-state index contributed by atoms with van der Waals surface area (Å²) in [4.78, 5) is 41.8. The molecule has 1 aromatic carbocycles. The Morgan fingerprint density at radius 3 is 2.58 bits per heavy atom. The van der Waals surface area contributed by atoms with Gasteiger partial charge in [-0.25, -0.2) is 0 Å². The Morgan fingerprint density at radius 1 is 1.00 bits per heavy atom. The Labute approximate surface area is 197 Å². The molecular weight excluding hydrogens is 436 g/mol. The summed E-state index contributed by atoms with van der Waals surface area (Å²) in [5, 5.41) is 11.6. The van der Waals surface area contributed by atoms with E-state index in [4.69, 9.17) is 0 Å². The molecule has 0 radical (unpaired) electrons. The van der Waals surface area contributed by atoms with E-state index in [9.17, 15) is 14.4 Å². The average Bonchev–Trinajstić information content (AvgIpc) is 3.52. The molecule has 3 amide bonds. The first-order valence-corrected chi connectivity index (χ1v) is 12.4. The number of aromatic nitrogens is 1. The van der Waals surface area contributed by atoms with Crippen LogP contribution < -0.4 is 16.0 Å². The molecule has 0 aliphatic heterocycles. The van der Waals surface area contributed by atoms with E-state index in [0.29, 0.717) is 24.4 Å². The number of thiophene rings is 1. The highest BCUT2D eigenvalue weighted by Crippen LogP contribution is 2.23. The van der Waals surface area contributed by atoms with Crippen LogP contribution in [0.2, 0.25) is 0 Å². The normalized spacial score (nSPS) is 15.2. The van der Waals surface area contributed by atoms with Gasteiger partial charge in [-0.05, 0) is 35.9 Å². The Hall–Kier alpha value is -3.13. The molecule has 3 aromatic rings. The van der Waals surface area contributed by atoms with Gasteiger partial charge in [0.05, 0.1) is 4.88 Å². The number of carbonyl (C=O) groups excluding carboxylic acids is 3. The Balaban J connectivity index is 1.36. The van der Waals surface area contributed by atoms with E-state index in [1.807, 2.05) is 41.9 Å². The fraction of sp³-hybridized carbons (Fsp3) is 0.400. The van der Waals surface area contributed by atoms with Gasteiger partial charge in [0.1, 0.15) is 6.04 Å². The molecule has 4 N–H and O–H groups in total. The molecule has 4 rings (SSSR count). The van der Waals surface area contributed by atoms with Crippen LogP contribution in [0.4, 0.5) is 0 Å². The van der Waals surface area contributed by atoms with Crippen molar-refractivity contribution in [2.24, 2.45) is 5.92 Å². The van der Waals surface area contributed by atoms with Crippen LogP contribution in [0.25, 0.3) is 10.9 Å². The van der Waals surface area contributed by atoms with Gasteiger partial charge in [0, 0.05) is 42.5 Å². The second kappa shape index (κ2) is 11.1. The first-order chi connectivity index (χ1) is 16.1. The number of nitrogens with one attached hydrogen (secondary N) is 4. The molecule has 1 saturated carbocycles. The summed E-state index contributed by atoms with van der Waals surface area (Å²) < 4.78 is 0. The predicted octanol–water partition coefficient (Wildman–Crippen LogP) is 3.38. The van der Waals surface area contributed by atoms with Gasteiger partial charge in [-0.1, -0.05) is 43.5 Å². The highest BCUT2D eigenvalue weighted by atomic mass is 32.1. The molecule has 1 atom stereocenters. The minimum atomic E-state index is -0.729. The van der Waals surface area contributed by atoms with Crippen molar-refractivity contribution >= 4 is 40.0 Å². The molecule has 0 saturated heterocycles. The van der Waals surface area contributed by atoms with E-state index in [-0.39, 0.29) is 23.6 Å². The summed E-state index contributed by atoms with van der Waals surface area (Å²) >= 11 is 1.34. The number of hydrogen-bond acceptors (Lipinski definition) is 4. The van der Waals surface area contributed by atoms with Crippen LogP contribution in [0.5, 0.6) is 0 Å². The molecule has 174 valence electrons. The maximum Gasteiger partial charge on any atom is 0.262 e. The lowest BCUT2D eigenvalue weighted by atomic mass is 9.89. The fourth-order valence-electron chi connectivity index (χ4n) is 4.37. The molecule has 8 heteroatoms. The Kier molecular flexibility index (Phi) is 7.78. The molecular formula is C25H30N4O3S. The van der Waals surface area contributed by atoms with Crippen molar-refractivity contribution < 1.29 is 14.4 Å². The van der Waals surface area contributed by atoms with Crippen molar-refractivity contribution in [1.82, 2.24) is 20.9 Å². The molecule has 1 unspecified atom stereocenters. The monoisotopic (exact) mass is 466 g/mol. The van der Waals surface area contributed by atoms with Gasteiger partial charge in [-0.3, -0.25) is 14.4 Å². The summed E-state index contributed by atoms with van der Waals surface area (Å²) in [7, 11) is 0. The van der Waals surface area contributed by atoms with Gasteiger partial charge in [0.2, 0.25) is 11.8 Å². The highest BCUT2D eigenvalue weighted by molar-refractivity contribution is 7.12. The van der Waals surface area contributed by atoms with Crippen LogP contribution in [0.1, 0.15) is 47.3 Å². The quantitative estimate of drug-likeness (QED) is 0.364. The zero-order valence-electron chi connectivity index (χ0n) is 18.6. The first-order valence-electron chi connectivity index (χ1n) is 11.6. The minimum absolute atomic E-state index is 0.0743. The van der Waals surface area contributed by atoms with Crippen LogP contribution in [0, 0.1) is 5.92 Å². The van der Waals surface area contributed by atoms with Crippen molar-refractivity contribution in [3.63, 3.8) is 0 Å². The third-order valence-electron chi connectivity index (χ3n) is 6.17. The molecule has 1 fully saturated rings. The van der Waals surface area contributed by atoms with E-state index < -0.39 is 6.04 Å². The second-order valence-electron chi connectivity index (χ2n) is 8.48. The van der Waals surface area contributed by atoms with Crippen molar-refractivity contribution in [3.8, 4) is 0 Å². The van der Waals surface area contributed by atoms with Gasteiger partial charge in [0.25, 0.3) is 5.91 Å². The summed E-state index contributed by atoms with van der Waals surface area (Å²) in [5.74, 6) is -0.368. The van der Waals surface area contributed by atoms with Crippen LogP contribution in [-0.2, 0) is 16.0 Å². The van der Waals surface area contributed by atoms with Crippen LogP contribution in [0.15, 0.2) is 48.0 Å². The van der Waals surface area contributed by atoms with Gasteiger partial charge in [-0.15, -0.1) is 11.3 Å². The summed E-state index contributed by atoms with van der Waals surface area (Å²) in [6.45, 7) is 0.691. The smallest absolute Gasteiger partial charge is 0.262 e. The number of aromatic amines is 1. The largest absolute Gasteiger partial charge is 0.361 e. The average molecular weight is 467 g/mol. The van der Waals surface area contributed by atoms with E-state index in [1.54, 1.807) is 6.07 Å². The highest BCUT2D eigenvalue weighted by Gasteiger charge is 2.24. The maximum absolute atomic E-state index is 13.0. The zero-order valence-corrected chi connectivity index (χ0v) is 19.4. The lowest BCUT2D eigenvalue weighted by Crippen LogP contribution is -2.49. The van der Waals surface area contributed by atoms with Gasteiger partial charge in [0.15, 0.2) is 0 Å². The van der Waals surface area contributed by atoms with E-state index in [2.05, 4.69) is 20.9 Å².